The maximum absolute atomic E-state index is 13.0. The van der Waals surface area contributed by atoms with Gasteiger partial charge in [0.1, 0.15) is 5.82 Å². The minimum Gasteiger partial charge on any atom is -0.464 e. The quantitative estimate of drug-likeness (QED) is 0.670. The van der Waals surface area contributed by atoms with E-state index in [1.165, 1.54) is 25.3 Å². The van der Waals surface area contributed by atoms with Crippen molar-refractivity contribution < 1.29 is 13.9 Å². The number of nitrogens with zero attached hydrogens (tertiary/aromatic N) is 5. The SMILES string of the molecule is COC(=O)c1ccnc(N2Cc3cn(Cc4ccc(F)cc4)nc3C2)n1. The van der Waals surface area contributed by atoms with Gasteiger partial charge in [-0.1, -0.05) is 12.1 Å². The molecule has 26 heavy (non-hydrogen) atoms. The number of hydrogen-bond acceptors (Lipinski definition) is 6. The lowest BCUT2D eigenvalue weighted by molar-refractivity contribution is 0.0594. The third kappa shape index (κ3) is 3.13. The number of carbonyl (C=O) groups is 1. The van der Waals surface area contributed by atoms with Crippen LogP contribution in [-0.4, -0.2) is 32.8 Å². The highest BCUT2D eigenvalue weighted by Crippen LogP contribution is 2.25. The molecule has 2 aromatic heterocycles. The summed E-state index contributed by atoms with van der Waals surface area (Å²) in [6.07, 6.45) is 3.52. The Hall–Kier alpha value is -3.29. The summed E-state index contributed by atoms with van der Waals surface area (Å²) in [5.41, 5.74) is 3.24. The van der Waals surface area contributed by atoms with Crippen molar-refractivity contribution in [2.24, 2.45) is 0 Å². The van der Waals surface area contributed by atoms with Crippen molar-refractivity contribution in [2.45, 2.75) is 19.6 Å². The molecule has 0 saturated carbocycles. The van der Waals surface area contributed by atoms with Crippen LogP contribution in [-0.2, 0) is 24.4 Å². The number of methoxy groups -OCH3 is 1. The van der Waals surface area contributed by atoms with E-state index in [1.807, 2.05) is 15.8 Å². The summed E-state index contributed by atoms with van der Waals surface area (Å²) in [7, 11) is 1.32. The van der Waals surface area contributed by atoms with Crippen molar-refractivity contribution in [2.75, 3.05) is 12.0 Å². The first kappa shape index (κ1) is 16.2. The van der Waals surface area contributed by atoms with Crippen LogP contribution in [0.1, 0.15) is 27.3 Å². The van der Waals surface area contributed by atoms with E-state index >= 15 is 0 Å². The molecule has 0 radical (unpaired) electrons. The van der Waals surface area contributed by atoms with Gasteiger partial charge >= 0.3 is 5.97 Å². The highest BCUT2D eigenvalue weighted by atomic mass is 19.1. The molecule has 7 nitrogen and oxygen atoms in total. The highest BCUT2D eigenvalue weighted by molar-refractivity contribution is 5.87. The third-order valence-electron chi connectivity index (χ3n) is 4.20. The van der Waals surface area contributed by atoms with Crippen LogP contribution in [0.3, 0.4) is 0 Å². The number of esters is 1. The lowest BCUT2D eigenvalue weighted by Gasteiger charge is -2.15. The Morgan fingerprint density at radius 2 is 2.04 bits per heavy atom. The van der Waals surface area contributed by atoms with Gasteiger partial charge in [0.05, 0.1) is 25.9 Å². The topological polar surface area (TPSA) is 73.1 Å². The minimum absolute atomic E-state index is 0.225. The van der Waals surface area contributed by atoms with Crippen LogP contribution in [0, 0.1) is 5.82 Å². The second-order valence-electron chi connectivity index (χ2n) is 6.01. The van der Waals surface area contributed by atoms with Gasteiger partial charge in [0.15, 0.2) is 5.69 Å². The summed E-state index contributed by atoms with van der Waals surface area (Å²) in [5.74, 6) is -0.271. The molecule has 132 valence electrons. The van der Waals surface area contributed by atoms with Crippen LogP contribution in [0.2, 0.25) is 0 Å². The zero-order chi connectivity index (χ0) is 18.1. The van der Waals surface area contributed by atoms with Crippen LogP contribution in [0.25, 0.3) is 0 Å². The van der Waals surface area contributed by atoms with Gasteiger partial charge in [-0.2, -0.15) is 5.10 Å². The van der Waals surface area contributed by atoms with Gasteiger partial charge in [0.25, 0.3) is 0 Å². The van der Waals surface area contributed by atoms with Gasteiger partial charge in [-0.3, -0.25) is 4.68 Å². The molecule has 0 atom stereocenters. The Kier molecular flexibility index (Phi) is 4.08. The van der Waals surface area contributed by atoms with Gasteiger partial charge in [0, 0.05) is 24.5 Å². The van der Waals surface area contributed by atoms with Crippen LogP contribution in [0.5, 0.6) is 0 Å². The lowest BCUT2D eigenvalue weighted by atomic mass is 10.2. The number of anilines is 1. The Morgan fingerprint density at radius 3 is 2.77 bits per heavy atom. The molecule has 3 aromatic rings. The molecule has 8 heteroatoms. The number of fused-ring (bicyclic) bond motifs is 1. The molecule has 1 aliphatic rings. The summed E-state index contributed by atoms with van der Waals surface area (Å²) < 4.78 is 19.5. The molecular weight excluding hydrogens is 337 g/mol. The molecular formula is C18H16FN5O2. The molecule has 0 amide bonds. The molecule has 0 saturated heterocycles. The molecule has 1 aromatic carbocycles. The zero-order valence-electron chi connectivity index (χ0n) is 14.1. The van der Waals surface area contributed by atoms with Crippen LogP contribution in [0.15, 0.2) is 42.7 Å². The average Bonchev–Trinajstić information content (AvgIpc) is 3.21. The second-order valence-corrected chi connectivity index (χ2v) is 6.01. The Morgan fingerprint density at radius 1 is 1.23 bits per heavy atom. The maximum atomic E-state index is 13.0. The predicted molar refractivity (Wildman–Crippen MR) is 91.0 cm³/mol. The fourth-order valence-corrected chi connectivity index (χ4v) is 2.93. The van der Waals surface area contributed by atoms with E-state index in [-0.39, 0.29) is 11.5 Å². The van der Waals surface area contributed by atoms with Crippen molar-refractivity contribution in [1.29, 1.82) is 0 Å². The first-order valence-corrected chi connectivity index (χ1v) is 8.08. The molecule has 0 unspecified atom stereocenters. The predicted octanol–water partition coefficient (Wildman–Crippen LogP) is 2.17. The smallest absolute Gasteiger partial charge is 0.356 e. The molecule has 4 rings (SSSR count). The van der Waals surface area contributed by atoms with Gasteiger partial charge < -0.3 is 9.64 Å². The number of hydrogen-bond donors (Lipinski definition) is 0. The highest BCUT2D eigenvalue weighted by Gasteiger charge is 2.25. The monoisotopic (exact) mass is 353 g/mol. The van der Waals surface area contributed by atoms with Crippen LogP contribution in [0.4, 0.5) is 10.3 Å². The standard InChI is InChI=1S/C18H16FN5O2/c1-26-17(25)15-6-7-20-18(21-15)23-9-13-10-24(22-16(13)11-23)8-12-2-4-14(19)5-3-12/h2-7,10H,8-9,11H2,1H3. The number of aromatic nitrogens is 4. The van der Waals surface area contributed by atoms with Gasteiger partial charge in [-0.15, -0.1) is 0 Å². The number of benzene rings is 1. The fourth-order valence-electron chi connectivity index (χ4n) is 2.93. The van der Waals surface area contributed by atoms with Crippen molar-refractivity contribution in [3.63, 3.8) is 0 Å². The normalized spacial score (nSPS) is 12.9. The molecule has 0 fully saturated rings. The van der Waals surface area contributed by atoms with E-state index in [9.17, 15) is 9.18 Å². The Labute approximate surface area is 149 Å². The van der Waals surface area contributed by atoms with E-state index in [0.717, 1.165) is 16.8 Å². The van der Waals surface area contributed by atoms with Crippen molar-refractivity contribution in [1.82, 2.24) is 19.7 Å². The number of rotatable bonds is 4. The first-order chi connectivity index (χ1) is 12.6. The summed E-state index contributed by atoms with van der Waals surface area (Å²) in [6.45, 7) is 1.77. The number of ether oxygens (including phenoxy) is 1. The zero-order valence-corrected chi connectivity index (χ0v) is 14.1. The molecule has 0 aliphatic carbocycles. The van der Waals surface area contributed by atoms with Crippen molar-refractivity contribution in [3.05, 3.63) is 71.1 Å². The number of carbonyl (C=O) groups excluding carboxylic acids is 1. The van der Waals surface area contributed by atoms with Crippen LogP contribution < -0.4 is 4.90 Å². The van der Waals surface area contributed by atoms with E-state index in [4.69, 9.17) is 4.74 Å². The summed E-state index contributed by atoms with van der Waals surface area (Å²) >= 11 is 0. The minimum atomic E-state index is -0.491. The molecule has 0 spiro atoms. The Balaban J connectivity index is 1.48. The van der Waals surface area contributed by atoms with Crippen LogP contribution >= 0.6 is 0 Å². The molecule has 0 N–H and O–H groups in total. The van der Waals surface area contributed by atoms with Crippen molar-refractivity contribution in [3.8, 4) is 0 Å². The van der Waals surface area contributed by atoms with Gasteiger partial charge in [0.2, 0.25) is 5.95 Å². The molecule has 3 heterocycles. The van der Waals surface area contributed by atoms with E-state index in [1.54, 1.807) is 18.3 Å². The van der Waals surface area contributed by atoms with Crippen molar-refractivity contribution >= 4 is 11.9 Å². The van der Waals surface area contributed by atoms with Gasteiger partial charge in [-0.25, -0.2) is 19.2 Å². The first-order valence-electron chi connectivity index (χ1n) is 8.08. The summed E-state index contributed by atoms with van der Waals surface area (Å²) in [4.78, 5) is 22.1. The van der Waals surface area contributed by atoms with E-state index < -0.39 is 5.97 Å². The fraction of sp³-hybridized carbons (Fsp3) is 0.222. The number of halogens is 1. The average molecular weight is 353 g/mol. The largest absolute Gasteiger partial charge is 0.464 e. The van der Waals surface area contributed by atoms with E-state index in [2.05, 4.69) is 15.1 Å². The third-order valence-corrected chi connectivity index (χ3v) is 4.20. The lowest BCUT2D eigenvalue weighted by Crippen LogP contribution is -2.20. The maximum Gasteiger partial charge on any atom is 0.356 e. The van der Waals surface area contributed by atoms with Gasteiger partial charge in [-0.05, 0) is 23.8 Å². The summed E-state index contributed by atoms with van der Waals surface area (Å²) in [5, 5.41) is 4.59. The second kappa shape index (κ2) is 6.55. The van der Waals surface area contributed by atoms with E-state index in [0.29, 0.717) is 25.6 Å². The summed E-state index contributed by atoms with van der Waals surface area (Å²) in [6, 6.07) is 7.91. The molecule has 0 bridgehead atoms. The molecule has 1 aliphatic heterocycles. The Bertz CT molecular complexity index is 931.